The number of nitrogens with zero attached hydrogens (tertiary/aromatic N) is 4. The molecule has 7 aromatic carbocycles. The standard InChI is InChI=1S/C53H30N4/c1-55-43-26-42(31-57-32-43)37-16-10-34(11-17-37)38-18-21-44-40(25-38)20-23-48-47-22-19-39(35-12-14-36(15-13-35)41-24-33(28-54)29-56-30-41)27-51(47)53(52(44)48)49-8-4-2-6-45(49)46-7-3-5-9-50(46)53/h2-27,29-32H. The van der Waals surface area contributed by atoms with E-state index in [0.717, 1.165) is 44.5 Å². The minimum atomic E-state index is -0.506. The van der Waals surface area contributed by atoms with E-state index in [4.69, 9.17) is 6.57 Å². The molecule has 57 heavy (non-hydrogen) atoms. The molecule has 262 valence electrons. The minimum absolute atomic E-state index is 0.506. The Bertz CT molecular complexity index is 3150. The first kappa shape index (κ1) is 32.5. The van der Waals surface area contributed by atoms with Gasteiger partial charge in [-0.3, -0.25) is 9.97 Å². The van der Waals surface area contributed by atoms with E-state index in [-0.39, 0.29) is 0 Å². The highest BCUT2D eigenvalue weighted by molar-refractivity contribution is 6.05. The van der Waals surface area contributed by atoms with Gasteiger partial charge in [0.2, 0.25) is 5.69 Å². The van der Waals surface area contributed by atoms with Gasteiger partial charge in [0.15, 0.2) is 0 Å². The molecule has 4 heteroatoms. The molecule has 2 aliphatic carbocycles. The molecule has 0 amide bonds. The largest absolute Gasteiger partial charge is 0.276 e. The molecular weight excluding hydrogens is 693 g/mol. The molecule has 9 aromatic rings. The maximum atomic E-state index is 9.43. The summed E-state index contributed by atoms with van der Waals surface area (Å²) in [6.45, 7) is 7.39. The van der Waals surface area contributed by atoms with Crippen molar-refractivity contribution in [1.29, 1.82) is 5.26 Å². The van der Waals surface area contributed by atoms with E-state index < -0.39 is 5.41 Å². The number of hydrogen-bond acceptors (Lipinski definition) is 3. The summed E-state index contributed by atoms with van der Waals surface area (Å²) >= 11 is 0. The van der Waals surface area contributed by atoms with Crippen LogP contribution in [0.4, 0.5) is 5.69 Å². The Morgan fingerprint density at radius 3 is 1.63 bits per heavy atom. The van der Waals surface area contributed by atoms with Crippen LogP contribution in [0.25, 0.3) is 82.4 Å². The third-order valence-corrected chi connectivity index (χ3v) is 11.9. The third-order valence-electron chi connectivity index (χ3n) is 11.9. The second kappa shape index (κ2) is 12.6. The lowest BCUT2D eigenvalue weighted by molar-refractivity contribution is 0.801. The van der Waals surface area contributed by atoms with Gasteiger partial charge < -0.3 is 0 Å². The van der Waals surface area contributed by atoms with Gasteiger partial charge in [-0.15, -0.1) is 0 Å². The fourth-order valence-corrected chi connectivity index (χ4v) is 9.35. The summed E-state index contributed by atoms with van der Waals surface area (Å²) in [6, 6.07) is 59.5. The van der Waals surface area contributed by atoms with Crippen molar-refractivity contribution in [1.82, 2.24) is 9.97 Å². The Morgan fingerprint density at radius 2 is 0.982 bits per heavy atom. The Hall–Kier alpha value is -7.92. The molecule has 2 aromatic heterocycles. The lowest BCUT2D eigenvalue weighted by Crippen LogP contribution is -2.26. The molecule has 2 aliphatic rings. The third kappa shape index (κ3) is 4.85. The quantitative estimate of drug-likeness (QED) is 0.170. The maximum absolute atomic E-state index is 9.43. The molecule has 0 atom stereocenters. The second-order valence-corrected chi connectivity index (χ2v) is 14.8. The first-order chi connectivity index (χ1) is 28.1. The van der Waals surface area contributed by atoms with Crippen molar-refractivity contribution in [3.05, 3.63) is 222 Å². The zero-order chi connectivity index (χ0) is 38.1. The summed E-state index contributed by atoms with van der Waals surface area (Å²) in [4.78, 5) is 12.1. The van der Waals surface area contributed by atoms with Gasteiger partial charge in [0.1, 0.15) is 6.07 Å². The van der Waals surface area contributed by atoms with Crippen LogP contribution >= 0.6 is 0 Å². The lowest BCUT2D eigenvalue weighted by Gasteiger charge is -2.31. The Labute approximate surface area is 330 Å². The van der Waals surface area contributed by atoms with Crippen LogP contribution in [-0.4, -0.2) is 9.97 Å². The van der Waals surface area contributed by atoms with Crippen LogP contribution < -0.4 is 0 Å². The van der Waals surface area contributed by atoms with E-state index in [2.05, 4.69) is 166 Å². The van der Waals surface area contributed by atoms with Crippen LogP contribution in [0.5, 0.6) is 0 Å². The molecule has 4 nitrogen and oxygen atoms in total. The molecule has 0 saturated heterocycles. The van der Waals surface area contributed by atoms with Crippen molar-refractivity contribution in [2.24, 2.45) is 0 Å². The van der Waals surface area contributed by atoms with Crippen LogP contribution in [0, 0.1) is 17.9 Å². The fraction of sp³-hybridized carbons (Fsp3) is 0.0189. The monoisotopic (exact) mass is 722 g/mol. The van der Waals surface area contributed by atoms with Gasteiger partial charge >= 0.3 is 0 Å². The number of hydrogen-bond donors (Lipinski definition) is 0. The lowest BCUT2D eigenvalue weighted by atomic mass is 9.69. The number of aromatic nitrogens is 2. The summed E-state index contributed by atoms with van der Waals surface area (Å²) in [7, 11) is 0. The summed E-state index contributed by atoms with van der Waals surface area (Å²) < 4.78 is 0. The maximum Gasteiger partial charge on any atom is 0.205 e. The molecule has 0 aliphatic heterocycles. The molecule has 0 radical (unpaired) electrons. The normalized spacial score (nSPS) is 12.7. The van der Waals surface area contributed by atoms with Crippen LogP contribution in [-0.2, 0) is 5.41 Å². The first-order valence-electron chi connectivity index (χ1n) is 18.9. The van der Waals surface area contributed by atoms with Crippen molar-refractivity contribution in [2.45, 2.75) is 5.41 Å². The van der Waals surface area contributed by atoms with Gasteiger partial charge in [0.25, 0.3) is 0 Å². The van der Waals surface area contributed by atoms with E-state index >= 15 is 0 Å². The Balaban J connectivity index is 1.07. The SMILES string of the molecule is [C-]#[N+]c1cncc(-c2ccc(-c3ccc4c5c(ccc4c3)-c3ccc(-c4ccc(-c6cncc(C#N)c6)cc4)cc3C53c4ccccc4-c4ccccc43)cc2)c1. The highest BCUT2D eigenvalue weighted by Gasteiger charge is 2.52. The number of fused-ring (bicyclic) bond motifs is 12. The summed E-state index contributed by atoms with van der Waals surface area (Å²) in [5.74, 6) is 0. The van der Waals surface area contributed by atoms with Crippen LogP contribution in [0.15, 0.2) is 183 Å². The first-order valence-corrected chi connectivity index (χ1v) is 18.9. The summed E-state index contributed by atoms with van der Waals surface area (Å²) in [6.07, 6.45) is 6.80. The van der Waals surface area contributed by atoms with E-state index in [0.29, 0.717) is 11.3 Å². The molecule has 2 heterocycles. The predicted octanol–water partition coefficient (Wildman–Crippen LogP) is 13.1. The Kier molecular flexibility index (Phi) is 7.17. The molecule has 0 bridgehead atoms. The number of rotatable bonds is 4. The molecule has 0 N–H and O–H groups in total. The van der Waals surface area contributed by atoms with Gasteiger partial charge in [-0.1, -0.05) is 133 Å². The van der Waals surface area contributed by atoms with Crippen LogP contribution in [0.2, 0.25) is 0 Å². The van der Waals surface area contributed by atoms with Crippen molar-refractivity contribution in [3.63, 3.8) is 0 Å². The summed E-state index contributed by atoms with van der Waals surface area (Å²) in [5, 5.41) is 11.9. The Morgan fingerprint density at radius 1 is 0.456 bits per heavy atom. The molecule has 0 saturated carbocycles. The predicted molar refractivity (Wildman–Crippen MR) is 229 cm³/mol. The van der Waals surface area contributed by atoms with Crippen molar-refractivity contribution in [3.8, 4) is 72.8 Å². The molecule has 0 fully saturated rings. The number of benzene rings is 7. The minimum Gasteiger partial charge on any atom is -0.276 e. The summed E-state index contributed by atoms with van der Waals surface area (Å²) in [5.41, 5.74) is 19.4. The zero-order valence-corrected chi connectivity index (χ0v) is 30.6. The van der Waals surface area contributed by atoms with E-state index in [1.165, 1.54) is 55.3 Å². The van der Waals surface area contributed by atoms with Crippen molar-refractivity contribution < 1.29 is 0 Å². The van der Waals surface area contributed by atoms with E-state index in [9.17, 15) is 5.26 Å². The van der Waals surface area contributed by atoms with Crippen LogP contribution in [0.1, 0.15) is 27.8 Å². The molecule has 0 unspecified atom stereocenters. The van der Waals surface area contributed by atoms with Gasteiger partial charge in [0.05, 0.1) is 17.6 Å². The number of pyridine rings is 2. The average molecular weight is 723 g/mol. The fourth-order valence-electron chi connectivity index (χ4n) is 9.35. The van der Waals surface area contributed by atoms with Gasteiger partial charge in [-0.05, 0) is 118 Å². The van der Waals surface area contributed by atoms with Crippen molar-refractivity contribution >= 4 is 16.5 Å². The van der Waals surface area contributed by atoms with Crippen molar-refractivity contribution in [2.75, 3.05) is 0 Å². The second-order valence-electron chi connectivity index (χ2n) is 14.8. The average Bonchev–Trinajstić information content (AvgIpc) is 3.76. The zero-order valence-electron chi connectivity index (χ0n) is 30.6. The topological polar surface area (TPSA) is 53.9 Å². The highest BCUT2D eigenvalue weighted by atomic mass is 14.7. The van der Waals surface area contributed by atoms with E-state index in [1.54, 1.807) is 12.4 Å². The van der Waals surface area contributed by atoms with E-state index in [1.807, 2.05) is 24.5 Å². The van der Waals surface area contributed by atoms with Gasteiger partial charge in [0, 0.05) is 30.4 Å². The molecule has 1 spiro atoms. The smallest absolute Gasteiger partial charge is 0.205 e. The molecule has 11 rings (SSSR count). The van der Waals surface area contributed by atoms with Crippen LogP contribution in [0.3, 0.4) is 0 Å². The highest BCUT2D eigenvalue weighted by Crippen LogP contribution is 2.64. The van der Waals surface area contributed by atoms with Gasteiger partial charge in [-0.2, -0.15) is 5.26 Å². The number of nitriles is 1. The molecular formula is C53H30N4. The van der Waals surface area contributed by atoms with Gasteiger partial charge in [-0.25, -0.2) is 4.85 Å².